The minimum atomic E-state index is -0.535. The molecule has 1 aliphatic carbocycles. The van der Waals surface area contributed by atoms with Crippen molar-refractivity contribution in [3.8, 4) is 0 Å². The smallest absolute Gasteiger partial charge is 0.247 e. The summed E-state index contributed by atoms with van der Waals surface area (Å²) >= 11 is 0. The lowest BCUT2D eigenvalue weighted by Gasteiger charge is -2.29. The van der Waals surface area contributed by atoms with Crippen LogP contribution in [-0.2, 0) is 14.4 Å². The molecule has 106 valence electrons. The number of hydrogen-bond acceptors (Lipinski definition) is 4. The van der Waals surface area contributed by atoms with E-state index in [4.69, 9.17) is 0 Å². The molecule has 0 spiro atoms. The first-order valence-corrected chi connectivity index (χ1v) is 6.93. The van der Waals surface area contributed by atoms with Crippen LogP contribution in [0.4, 0.5) is 0 Å². The van der Waals surface area contributed by atoms with Gasteiger partial charge in [0.25, 0.3) is 0 Å². The highest BCUT2D eigenvalue weighted by molar-refractivity contribution is 6.06. The molecule has 0 aromatic carbocycles. The van der Waals surface area contributed by atoms with E-state index in [1.54, 1.807) is 7.05 Å². The van der Waals surface area contributed by atoms with Crippen molar-refractivity contribution < 1.29 is 14.4 Å². The van der Waals surface area contributed by atoms with Crippen LogP contribution in [0.15, 0.2) is 0 Å². The maximum absolute atomic E-state index is 12.2. The third-order valence-electron chi connectivity index (χ3n) is 3.91. The lowest BCUT2D eigenvalue weighted by molar-refractivity contribution is -0.142. The van der Waals surface area contributed by atoms with Gasteiger partial charge in [-0.05, 0) is 12.8 Å². The number of rotatable bonds is 4. The number of likely N-dealkylation sites (N-methyl/N-ethyl adjacent to an activating group) is 1. The Labute approximate surface area is 112 Å². The average molecular weight is 267 g/mol. The second kappa shape index (κ2) is 6.14. The zero-order valence-corrected chi connectivity index (χ0v) is 11.3. The maximum atomic E-state index is 12.2. The first-order chi connectivity index (χ1) is 9.13. The molecule has 2 N–H and O–H groups in total. The third-order valence-corrected chi connectivity index (χ3v) is 3.91. The Hall–Kier alpha value is -1.43. The van der Waals surface area contributed by atoms with Gasteiger partial charge in [-0.1, -0.05) is 19.3 Å². The van der Waals surface area contributed by atoms with E-state index in [1.807, 2.05) is 0 Å². The molecule has 0 radical (unpaired) electrons. The molecule has 0 aromatic rings. The number of nitrogens with zero attached hydrogens (tertiary/aromatic N) is 1. The maximum Gasteiger partial charge on any atom is 0.247 e. The van der Waals surface area contributed by atoms with Crippen molar-refractivity contribution in [3.63, 3.8) is 0 Å². The lowest BCUT2D eigenvalue weighted by Crippen LogP contribution is -2.46. The summed E-state index contributed by atoms with van der Waals surface area (Å²) in [7, 11) is 1.54. The van der Waals surface area contributed by atoms with Crippen molar-refractivity contribution in [2.45, 2.75) is 50.6 Å². The van der Waals surface area contributed by atoms with E-state index in [9.17, 15) is 14.4 Å². The number of hydrogen-bond donors (Lipinski definition) is 2. The van der Waals surface area contributed by atoms with Crippen molar-refractivity contribution in [1.29, 1.82) is 0 Å². The monoisotopic (exact) mass is 267 g/mol. The second-order valence-corrected chi connectivity index (χ2v) is 5.20. The molecular weight excluding hydrogens is 246 g/mol. The van der Waals surface area contributed by atoms with Gasteiger partial charge in [0.15, 0.2) is 0 Å². The molecule has 1 saturated carbocycles. The largest absolute Gasteiger partial charge is 0.358 e. The summed E-state index contributed by atoms with van der Waals surface area (Å²) in [5, 5.41) is 5.34. The fraction of sp³-hybridized carbons (Fsp3) is 0.769. The minimum Gasteiger partial charge on any atom is -0.358 e. The van der Waals surface area contributed by atoms with Crippen molar-refractivity contribution in [2.75, 3.05) is 13.6 Å². The average Bonchev–Trinajstić information content (AvgIpc) is 2.71. The summed E-state index contributed by atoms with van der Waals surface area (Å²) < 4.78 is 0. The Bertz CT molecular complexity index is 377. The number of nitrogens with one attached hydrogen (secondary N) is 2. The van der Waals surface area contributed by atoms with Crippen LogP contribution in [0.1, 0.15) is 38.5 Å². The van der Waals surface area contributed by atoms with Gasteiger partial charge in [-0.2, -0.15) is 0 Å². The summed E-state index contributed by atoms with van der Waals surface area (Å²) in [6, 6.07) is -0.465. The van der Waals surface area contributed by atoms with Gasteiger partial charge in [-0.3, -0.25) is 24.6 Å². The predicted octanol–water partition coefficient (Wildman–Crippen LogP) is -0.218. The standard InChI is InChI=1S/C13H21N3O3/c1-14-11(17)8-15-10-7-12(18)16(13(10)19)9-5-3-2-4-6-9/h9-10,15H,2-8H2,1H3,(H,14,17). The van der Waals surface area contributed by atoms with Crippen molar-refractivity contribution in [3.05, 3.63) is 0 Å². The topological polar surface area (TPSA) is 78.5 Å². The Morgan fingerprint density at radius 3 is 2.58 bits per heavy atom. The third kappa shape index (κ3) is 3.12. The fourth-order valence-corrected chi connectivity index (χ4v) is 2.84. The first kappa shape index (κ1) is 14.0. The number of carbonyl (C=O) groups is 3. The van der Waals surface area contributed by atoms with E-state index in [1.165, 1.54) is 11.3 Å². The van der Waals surface area contributed by atoms with Crippen LogP contribution in [0.3, 0.4) is 0 Å². The van der Waals surface area contributed by atoms with Gasteiger partial charge < -0.3 is 5.32 Å². The van der Waals surface area contributed by atoms with Gasteiger partial charge in [-0.25, -0.2) is 0 Å². The predicted molar refractivity (Wildman–Crippen MR) is 69.2 cm³/mol. The van der Waals surface area contributed by atoms with Gasteiger partial charge in [0, 0.05) is 13.1 Å². The van der Waals surface area contributed by atoms with Gasteiger partial charge in [-0.15, -0.1) is 0 Å². The first-order valence-electron chi connectivity index (χ1n) is 6.93. The number of imide groups is 1. The fourth-order valence-electron chi connectivity index (χ4n) is 2.84. The van der Waals surface area contributed by atoms with Crippen LogP contribution >= 0.6 is 0 Å². The van der Waals surface area contributed by atoms with Crippen LogP contribution in [0.5, 0.6) is 0 Å². The summed E-state index contributed by atoms with van der Waals surface area (Å²) in [6.07, 6.45) is 5.35. The molecular formula is C13H21N3O3. The summed E-state index contributed by atoms with van der Waals surface area (Å²) in [5.74, 6) is -0.455. The quantitative estimate of drug-likeness (QED) is 0.690. The van der Waals surface area contributed by atoms with E-state index >= 15 is 0 Å². The molecule has 1 saturated heterocycles. The highest BCUT2D eigenvalue weighted by Crippen LogP contribution is 2.27. The SMILES string of the molecule is CNC(=O)CNC1CC(=O)N(C2CCCCC2)C1=O. The van der Waals surface area contributed by atoms with Crippen LogP contribution in [0, 0.1) is 0 Å². The molecule has 3 amide bonds. The summed E-state index contributed by atoms with van der Waals surface area (Å²) in [4.78, 5) is 36.8. The molecule has 2 aliphatic rings. The zero-order chi connectivity index (χ0) is 13.8. The molecule has 6 heteroatoms. The minimum absolute atomic E-state index is 0.0681. The molecule has 1 aliphatic heterocycles. The van der Waals surface area contributed by atoms with Crippen LogP contribution in [0.2, 0.25) is 0 Å². The van der Waals surface area contributed by atoms with Crippen molar-refractivity contribution in [1.82, 2.24) is 15.5 Å². The van der Waals surface area contributed by atoms with Crippen LogP contribution in [0.25, 0.3) is 0 Å². The van der Waals surface area contributed by atoms with E-state index < -0.39 is 6.04 Å². The van der Waals surface area contributed by atoms with E-state index in [0.29, 0.717) is 0 Å². The van der Waals surface area contributed by atoms with Gasteiger partial charge in [0.1, 0.15) is 0 Å². The number of amides is 3. The molecule has 6 nitrogen and oxygen atoms in total. The second-order valence-electron chi connectivity index (χ2n) is 5.20. The van der Waals surface area contributed by atoms with E-state index in [-0.39, 0.29) is 36.7 Å². The normalized spacial score (nSPS) is 24.9. The van der Waals surface area contributed by atoms with Gasteiger partial charge in [0.05, 0.1) is 19.0 Å². The number of likely N-dealkylation sites (tertiary alicyclic amines) is 1. The molecule has 0 bridgehead atoms. The Kier molecular flexibility index (Phi) is 4.52. The molecule has 2 rings (SSSR count). The van der Waals surface area contributed by atoms with Crippen molar-refractivity contribution >= 4 is 17.7 Å². The van der Waals surface area contributed by atoms with Crippen molar-refractivity contribution in [2.24, 2.45) is 0 Å². The van der Waals surface area contributed by atoms with Gasteiger partial charge >= 0.3 is 0 Å². The molecule has 1 unspecified atom stereocenters. The Morgan fingerprint density at radius 1 is 1.26 bits per heavy atom. The van der Waals surface area contributed by atoms with Gasteiger partial charge in [0.2, 0.25) is 17.7 Å². The molecule has 1 atom stereocenters. The van der Waals surface area contributed by atoms with Crippen LogP contribution < -0.4 is 10.6 Å². The highest BCUT2D eigenvalue weighted by atomic mass is 16.2. The summed E-state index contributed by atoms with van der Waals surface area (Å²) in [6.45, 7) is 0.0681. The Morgan fingerprint density at radius 2 is 1.95 bits per heavy atom. The van der Waals surface area contributed by atoms with E-state index in [2.05, 4.69) is 10.6 Å². The highest BCUT2D eigenvalue weighted by Gasteiger charge is 2.42. The molecule has 1 heterocycles. The molecule has 19 heavy (non-hydrogen) atoms. The van der Waals surface area contributed by atoms with E-state index in [0.717, 1.165) is 25.7 Å². The molecule has 2 fully saturated rings. The van der Waals surface area contributed by atoms with Crippen LogP contribution in [-0.4, -0.2) is 48.3 Å². The number of carbonyl (C=O) groups excluding carboxylic acids is 3. The summed E-state index contributed by atoms with van der Waals surface area (Å²) in [5.41, 5.74) is 0. The molecule has 0 aromatic heterocycles. The lowest BCUT2D eigenvalue weighted by atomic mass is 9.94. The zero-order valence-electron chi connectivity index (χ0n) is 11.3. The Balaban J connectivity index is 1.93.